The van der Waals surface area contributed by atoms with Gasteiger partial charge in [-0.1, -0.05) is 42.5 Å². The van der Waals surface area contributed by atoms with Gasteiger partial charge in [0.1, 0.15) is 11.4 Å². The number of nitrogens with zero attached hydrogens (tertiary/aromatic N) is 5. The van der Waals surface area contributed by atoms with Crippen LogP contribution in [0.4, 0.5) is 5.95 Å². The van der Waals surface area contributed by atoms with Crippen molar-refractivity contribution >= 4 is 23.3 Å². The lowest BCUT2D eigenvalue weighted by Crippen LogP contribution is -2.48. The number of carbonyl (C=O) groups excluding carboxylic acids is 2. The fourth-order valence-corrected chi connectivity index (χ4v) is 4.36. The number of amides is 2. The summed E-state index contributed by atoms with van der Waals surface area (Å²) in [5.41, 5.74) is 2.55. The molecule has 2 aliphatic rings. The molecule has 8 heteroatoms. The second-order valence-corrected chi connectivity index (χ2v) is 8.16. The number of imide groups is 1. The first kappa shape index (κ1) is 21.6. The number of carbonyl (C=O) groups is 2. The van der Waals surface area contributed by atoms with Crippen LogP contribution < -0.4 is 9.64 Å². The Bertz CT molecular complexity index is 1200. The van der Waals surface area contributed by atoms with Crippen LogP contribution in [0.1, 0.15) is 11.1 Å². The van der Waals surface area contributed by atoms with Crippen LogP contribution in [0.25, 0.3) is 5.57 Å². The molecule has 5 rings (SSSR count). The summed E-state index contributed by atoms with van der Waals surface area (Å²) >= 11 is 0. The van der Waals surface area contributed by atoms with E-state index in [1.54, 1.807) is 25.6 Å². The van der Waals surface area contributed by atoms with Crippen molar-refractivity contribution in [1.29, 1.82) is 0 Å². The van der Waals surface area contributed by atoms with E-state index in [1.807, 2.05) is 59.5 Å². The molecule has 1 aromatic heterocycles. The maximum absolute atomic E-state index is 13.6. The van der Waals surface area contributed by atoms with E-state index in [0.29, 0.717) is 43.4 Å². The molecular weight excluding hydrogens is 430 g/mol. The number of benzene rings is 2. The Morgan fingerprint density at radius 3 is 2.09 bits per heavy atom. The minimum atomic E-state index is -0.268. The van der Waals surface area contributed by atoms with Gasteiger partial charge in [0.05, 0.1) is 19.2 Å². The predicted octanol–water partition coefficient (Wildman–Crippen LogP) is 2.59. The molecule has 0 saturated carbocycles. The molecular formula is C26H25N5O3. The topological polar surface area (TPSA) is 78.9 Å². The van der Waals surface area contributed by atoms with Gasteiger partial charge in [-0.05, 0) is 29.3 Å². The lowest BCUT2D eigenvalue weighted by atomic mass is 10.0. The molecule has 0 atom stereocenters. The Labute approximate surface area is 198 Å². The molecule has 8 nitrogen and oxygen atoms in total. The summed E-state index contributed by atoms with van der Waals surface area (Å²) in [5, 5.41) is 0. The van der Waals surface area contributed by atoms with Crippen LogP contribution in [0.5, 0.6) is 5.75 Å². The quantitative estimate of drug-likeness (QED) is 0.529. The predicted molar refractivity (Wildman–Crippen MR) is 128 cm³/mol. The van der Waals surface area contributed by atoms with Gasteiger partial charge in [-0.25, -0.2) is 9.97 Å². The van der Waals surface area contributed by atoms with E-state index in [-0.39, 0.29) is 18.4 Å². The van der Waals surface area contributed by atoms with Crippen molar-refractivity contribution < 1.29 is 14.3 Å². The number of hydrogen-bond donors (Lipinski definition) is 0. The molecule has 2 aliphatic heterocycles. The van der Waals surface area contributed by atoms with Crippen LogP contribution >= 0.6 is 0 Å². The van der Waals surface area contributed by atoms with Crippen molar-refractivity contribution in [2.45, 2.75) is 6.54 Å². The Kier molecular flexibility index (Phi) is 5.95. The van der Waals surface area contributed by atoms with Gasteiger partial charge >= 0.3 is 0 Å². The Morgan fingerprint density at radius 2 is 1.44 bits per heavy atom. The molecule has 0 aliphatic carbocycles. The molecule has 0 bridgehead atoms. The van der Waals surface area contributed by atoms with E-state index in [2.05, 4.69) is 14.9 Å². The van der Waals surface area contributed by atoms with Crippen LogP contribution in [0, 0.1) is 0 Å². The van der Waals surface area contributed by atoms with E-state index in [1.165, 1.54) is 4.90 Å². The lowest BCUT2D eigenvalue weighted by molar-refractivity contribution is -0.138. The molecule has 0 unspecified atom stereocenters. The number of methoxy groups -OCH3 is 1. The van der Waals surface area contributed by atoms with Gasteiger partial charge in [0, 0.05) is 38.6 Å². The number of rotatable bonds is 6. The van der Waals surface area contributed by atoms with Gasteiger partial charge in [0.15, 0.2) is 0 Å². The standard InChI is InChI=1S/C26H25N5O3/c1-34-21-10-8-19(9-11-21)18-31-24(32)22(20-6-3-2-4-7-20)23(25(31)33)29-14-16-30(17-15-29)26-27-12-5-13-28-26/h2-13H,14-18H2,1H3. The van der Waals surface area contributed by atoms with Crippen LogP contribution in [-0.2, 0) is 16.1 Å². The fraction of sp³-hybridized carbons (Fsp3) is 0.231. The number of piperazine rings is 1. The van der Waals surface area contributed by atoms with Crippen molar-refractivity contribution in [3.8, 4) is 5.75 Å². The van der Waals surface area contributed by atoms with Crippen molar-refractivity contribution in [3.63, 3.8) is 0 Å². The van der Waals surface area contributed by atoms with Gasteiger partial charge in [0.25, 0.3) is 11.8 Å². The van der Waals surface area contributed by atoms with Crippen molar-refractivity contribution in [1.82, 2.24) is 19.8 Å². The van der Waals surface area contributed by atoms with E-state index in [9.17, 15) is 9.59 Å². The summed E-state index contributed by atoms with van der Waals surface area (Å²) in [5.74, 6) is 0.876. The van der Waals surface area contributed by atoms with E-state index in [4.69, 9.17) is 4.74 Å². The molecule has 0 radical (unpaired) electrons. The Hall–Kier alpha value is -4.20. The molecule has 3 aromatic rings. The van der Waals surface area contributed by atoms with E-state index in [0.717, 1.165) is 16.9 Å². The van der Waals surface area contributed by atoms with Crippen molar-refractivity contribution in [3.05, 3.63) is 89.9 Å². The first-order valence-electron chi connectivity index (χ1n) is 11.2. The first-order valence-corrected chi connectivity index (χ1v) is 11.2. The second kappa shape index (κ2) is 9.35. The minimum absolute atomic E-state index is 0.208. The monoisotopic (exact) mass is 455 g/mol. The summed E-state index contributed by atoms with van der Waals surface area (Å²) in [7, 11) is 1.61. The average Bonchev–Trinajstić information content (AvgIpc) is 3.15. The largest absolute Gasteiger partial charge is 0.497 e. The third-order valence-corrected chi connectivity index (χ3v) is 6.14. The minimum Gasteiger partial charge on any atom is -0.497 e. The number of aromatic nitrogens is 2. The maximum Gasteiger partial charge on any atom is 0.278 e. The second-order valence-electron chi connectivity index (χ2n) is 8.16. The van der Waals surface area contributed by atoms with Crippen molar-refractivity contribution in [2.24, 2.45) is 0 Å². The third kappa shape index (κ3) is 4.10. The van der Waals surface area contributed by atoms with Crippen LogP contribution in [0.15, 0.2) is 78.8 Å². The van der Waals surface area contributed by atoms with Gasteiger partial charge in [-0.15, -0.1) is 0 Å². The summed E-state index contributed by atoms with van der Waals surface area (Å²) in [6, 6.07) is 18.6. The SMILES string of the molecule is COc1ccc(CN2C(=O)C(c3ccccc3)=C(N3CCN(c4ncccn4)CC3)C2=O)cc1. The van der Waals surface area contributed by atoms with E-state index < -0.39 is 0 Å². The zero-order valence-corrected chi connectivity index (χ0v) is 18.9. The normalized spacial score (nSPS) is 16.4. The van der Waals surface area contributed by atoms with Crippen molar-refractivity contribution in [2.75, 3.05) is 38.2 Å². The highest BCUT2D eigenvalue weighted by Crippen LogP contribution is 2.33. The van der Waals surface area contributed by atoms with Crippen LogP contribution in [0.2, 0.25) is 0 Å². The van der Waals surface area contributed by atoms with Gasteiger partial charge in [-0.3, -0.25) is 14.5 Å². The molecule has 1 fully saturated rings. The van der Waals surface area contributed by atoms with Gasteiger partial charge < -0.3 is 14.5 Å². The highest BCUT2D eigenvalue weighted by molar-refractivity contribution is 6.35. The molecule has 34 heavy (non-hydrogen) atoms. The fourth-order valence-electron chi connectivity index (χ4n) is 4.36. The molecule has 0 N–H and O–H groups in total. The average molecular weight is 456 g/mol. The number of hydrogen-bond acceptors (Lipinski definition) is 7. The van der Waals surface area contributed by atoms with Gasteiger partial charge in [0.2, 0.25) is 5.95 Å². The van der Waals surface area contributed by atoms with Crippen LogP contribution in [0.3, 0.4) is 0 Å². The molecule has 172 valence electrons. The summed E-state index contributed by atoms with van der Waals surface area (Å²) < 4.78 is 5.22. The number of ether oxygens (including phenoxy) is 1. The molecule has 0 spiro atoms. The third-order valence-electron chi connectivity index (χ3n) is 6.14. The van der Waals surface area contributed by atoms with Gasteiger partial charge in [-0.2, -0.15) is 0 Å². The molecule has 3 heterocycles. The van der Waals surface area contributed by atoms with E-state index >= 15 is 0 Å². The maximum atomic E-state index is 13.6. The number of anilines is 1. The molecule has 2 aromatic carbocycles. The summed E-state index contributed by atoms with van der Waals surface area (Å²) in [4.78, 5) is 41.3. The Morgan fingerprint density at radius 1 is 0.794 bits per heavy atom. The smallest absolute Gasteiger partial charge is 0.278 e. The lowest BCUT2D eigenvalue weighted by Gasteiger charge is -2.36. The molecule has 1 saturated heterocycles. The Balaban J connectivity index is 1.42. The zero-order valence-electron chi connectivity index (χ0n) is 18.9. The highest BCUT2D eigenvalue weighted by Gasteiger charge is 2.42. The first-order chi connectivity index (χ1) is 16.7. The summed E-state index contributed by atoms with van der Waals surface area (Å²) in [6.45, 7) is 2.73. The summed E-state index contributed by atoms with van der Waals surface area (Å²) in [6.07, 6.45) is 3.45. The zero-order chi connectivity index (χ0) is 23.5. The molecule has 2 amide bonds. The van der Waals surface area contributed by atoms with Crippen LogP contribution in [-0.4, -0.2) is 64.9 Å². The highest BCUT2D eigenvalue weighted by atomic mass is 16.5.